The Morgan fingerprint density at radius 1 is 1.00 bits per heavy atom. The highest BCUT2D eigenvalue weighted by molar-refractivity contribution is 5.23. The second-order valence-corrected chi connectivity index (χ2v) is 5.06. The lowest BCUT2D eigenvalue weighted by Gasteiger charge is -2.15. The Morgan fingerprint density at radius 3 is 2.63 bits per heavy atom. The van der Waals surface area contributed by atoms with E-state index in [0.29, 0.717) is 11.4 Å². The highest BCUT2D eigenvalue weighted by Crippen LogP contribution is 2.26. The van der Waals surface area contributed by atoms with Gasteiger partial charge in [-0.3, -0.25) is 0 Å². The molecular weight excluding hydrogens is 241 g/mol. The third-order valence-corrected chi connectivity index (χ3v) is 3.71. The maximum absolute atomic E-state index is 14.6. The number of rotatable bonds is 2. The molecule has 4 heteroatoms. The first-order valence-electron chi connectivity index (χ1n) is 6.97. The number of benzene rings is 1. The highest BCUT2D eigenvalue weighted by Gasteiger charge is 2.22. The summed E-state index contributed by atoms with van der Waals surface area (Å²) < 4.78 is 16.6. The topological polar surface area (TPSA) is 30.7 Å². The molecule has 0 amide bonds. The van der Waals surface area contributed by atoms with Crippen LogP contribution in [0.5, 0.6) is 0 Å². The van der Waals surface area contributed by atoms with Crippen LogP contribution in [0.15, 0.2) is 30.3 Å². The fourth-order valence-corrected chi connectivity index (χ4v) is 2.64. The van der Waals surface area contributed by atoms with E-state index in [9.17, 15) is 4.39 Å². The summed E-state index contributed by atoms with van der Waals surface area (Å²) in [5, 5.41) is 8.27. The normalized spacial score (nSPS) is 17.3. The van der Waals surface area contributed by atoms with Crippen molar-refractivity contribution in [1.29, 1.82) is 0 Å². The Hall–Kier alpha value is -1.71. The first-order chi connectivity index (χ1) is 9.36. The van der Waals surface area contributed by atoms with Crippen molar-refractivity contribution in [3.05, 3.63) is 47.5 Å². The molecule has 1 aromatic carbocycles. The zero-order chi connectivity index (χ0) is 13.1. The number of alkyl halides is 1. The third kappa shape index (κ3) is 2.53. The molecule has 3 rings (SSSR count). The summed E-state index contributed by atoms with van der Waals surface area (Å²) in [6, 6.07) is 9.20. The van der Waals surface area contributed by atoms with Crippen molar-refractivity contribution in [2.24, 2.45) is 0 Å². The van der Waals surface area contributed by atoms with Crippen molar-refractivity contribution in [3.8, 4) is 0 Å². The SMILES string of the molecule is FC(c1ccccc1)c1nnc2n1CCCCCC2. The number of nitrogens with zero attached hydrogens (tertiary/aromatic N) is 3. The molecule has 1 aliphatic heterocycles. The van der Waals surface area contributed by atoms with Crippen molar-refractivity contribution < 1.29 is 4.39 Å². The van der Waals surface area contributed by atoms with Gasteiger partial charge in [-0.2, -0.15) is 0 Å². The quantitative estimate of drug-likeness (QED) is 0.827. The number of aryl methyl sites for hydroxylation is 1. The molecule has 0 saturated heterocycles. The summed E-state index contributed by atoms with van der Waals surface area (Å²) in [5.41, 5.74) is 0.653. The Morgan fingerprint density at radius 2 is 1.79 bits per heavy atom. The van der Waals surface area contributed by atoms with Gasteiger partial charge in [-0.1, -0.05) is 43.2 Å². The molecule has 1 aliphatic rings. The van der Waals surface area contributed by atoms with Crippen molar-refractivity contribution >= 4 is 0 Å². The Balaban J connectivity index is 1.92. The molecule has 2 heterocycles. The molecular formula is C15H18FN3. The molecule has 0 saturated carbocycles. The maximum Gasteiger partial charge on any atom is 0.185 e. The molecule has 0 N–H and O–H groups in total. The van der Waals surface area contributed by atoms with Gasteiger partial charge in [0.1, 0.15) is 5.82 Å². The van der Waals surface area contributed by atoms with Crippen LogP contribution in [0.4, 0.5) is 4.39 Å². The molecule has 2 aromatic rings. The Kier molecular flexibility index (Phi) is 3.58. The van der Waals surface area contributed by atoms with E-state index in [0.717, 1.165) is 31.6 Å². The van der Waals surface area contributed by atoms with Crippen molar-refractivity contribution in [2.45, 2.75) is 44.8 Å². The first-order valence-corrected chi connectivity index (χ1v) is 6.97. The molecule has 0 radical (unpaired) electrons. The highest BCUT2D eigenvalue weighted by atomic mass is 19.1. The van der Waals surface area contributed by atoms with E-state index in [1.807, 2.05) is 22.8 Å². The minimum Gasteiger partial charge on any atom is -0.312 e. The zero-order valence-corrected chi connectivity index (χ0v) is 10.9. The lowest BCUT2D eigenvalue weighted by Crippen LogP contribution is -2.12. The summed E-state index contributed by atoms with van der Waals surface area (Å²) in [6.07, 6.45) is 4.38. The zero-order valence-electron chi connectivity index (χ0n) is 10.9. The average Bonchev–Trinajstić information content (AvgIpc) is 2.81. The molecule has 3 nitrogen and oxygen atoms in total. The number of hydrogen-bond donors (Lipinski definition) is 0. The average molecular weight is 259 g/mol. The molecule has 1 unspecified atom stereocenters. The van der Waals surface area contributed by atoms with Gasteiger partial charge in [-0.15, -0.1) is 10.2 Å². The number of hydrogen-bond acceptors (Lipinski definition) is 2. The van der Waals surface area contributed by atoms with E-state index in [1.54, 1.807) is 12.1 Å². The van der Waals surface area contributed by atoms with E-state index < -0.39 is 6.17 Å². The summed E-state index contributed by atoms with van der Waals surface area (Å²) in [5.74, 6) is 1.40. The minimum atomic E-state index is -1.18. The first kappa shape index (κ1) is 12.3. The van der Waals surface area contributed by atoms with Crippen LogP contribution >= 0.6 is 0 Å². The lowest BCUT2D eigenvalue weighted by molar-refractivity contribution is 0.362. The van der Waals surface area contributed by atoms with Crippen LogP contribution in [-0.2, 0) is 13.0 Å². The summed E-state index contributed by atoms with van der Waals surface area (Å²) in [6.45, 7) is 0.838. The lowest BCUT2D eigenvalue weighted by atomic mass is 10.1. The van der Waals surface area contributed by atoms with E-state index in [4.69, 9.17) is 0 Å². The van der Waals surface area contributed by atoms with Crippen molar-refractivity contribution in [2.75, 3.05) is 0 Å². The molecule has 1 atom stereocenters. The van der Waals surface area contributed by atoms with Crippen LogP contribution in [0, 0.1) is 0 Å². The standard InChI is InChI=1S/C15H18FN3/c16-14(12-8-4-3-5-9-12)15-18-17-13-10-6-1-2-7-11-19(13)15/h3-5,8-9,14H,1-2,6-7,10-11H2. The van der Waals surface area contributed by atoms with Crippen molar-refractivity contribution in [3.63, 3.8) is 0 Å². The maximum atomic E-state index is 14.6. The smallest absolute Gasteiger partial charge is 0.185 e. The van der Waals surface area contributed by atoms with Crippen molar-refractivity contribution in [1.82, 2.24) is 14.8 Å². The van der Waals surface area contributed by atoms with E-state index in [1.165, 1.54) is 12.8 Å². The van der Waals surface area contributed by atoms with E-state index >= 15 is 0 Å². The predicted octanol–water partition coefficient (Wildman–Crippen LogP) is 3.45. The van der Waals surface area contributed by atoms with Gasteiger partial charge in [0, 0.05) is 13.0 Å². The molecule has 0 bridgehead atoms. The molecule has 1 aromatic heterocycles. The van der Waals surface area contributed by atoms with Crippen LogP contribution in [0.3, 0.4) is 0 Å². The van der Waals surface area contributed by atoms with Gasteiger partial charge in [0.15, 0.2) is 12.0 Å². The van der Waals surface area contributed by atoms with E-state index in [-0.39, 0.29) is 0 Å². The van der Waals surface area contributed by atoms with Crippen LogP contribution in [0.2, 0.25) is 0 Å². The Bertz CT molecular complexity index is 536. The summed E-state index contributed by atoms with van der Waals surface area (Å²) in [4.78, 5) is 0. The fourth-order valence-electron chi connectivity index (χ4n) is 2.64. The fraction of sp³-hybridized carbons (Fsp3) is 0.467. The molecule has 0 fully saturated rings. The van der Waals surface area contributed by atoms with Crippen LogP contribution < -0.4 is 0 Å². The largest absolute Gasteiger partial charge is 0.312 e. The second kappa shape index (κ2) is 5.51. The predicted molar refractivity (Wildman–Crippen MR) is 71.6 cm³/mol. The monoisotopic (exact) mass is 259 g/mol. The van der Waals surface area contributed by atoms with Crippen LogP contribution in [0.25, 0.3) is 0 Å². The summed E-state index contributed by atoms with van der Waals surface area (Å²) in [7, 11) is 0. The molecule has 0 aliphatic carbocycles. The van der Waals surface area contributed by atoms with Crippen LogP contribution in [-0.4, -0.2) is 14.8 Å². The summed E-state index contributed by atoms with van der Waals surface area (Å²) >= 11 is 0. The second-order valence-electron chi connectivity index (χ2n) is 5.06. The minimum absolute atomic E-state index is 0.461. The number of aromatic nitrogens is 3. The van der Waals surface area contributed by atoms with Gasteiger partial charge in [0.05, 0.1) is 0 Å². The van der Waals surface area contributed by atoms with Crippen LogP contribution in [0.1, 0.15) is 49.1 Å². The molecule has 0 spiro atoms. The third-order valence-electron chi connectivity index (χ3n) is 3.71. The number of halogens is 1. The Labute approximate surface area is 112 Å². The van der Waals surface area contributed by atoms with Gasteiger partial charge < -0.3 is 4.57 Å². The van der Waals surface area contributed by atoms with Gasteiger partial charge in [0.2, 0.25) is 0 Å². The molecule has 100 valence electrons. The van der Waals surface area contributed by atoms with Gasteiger partial charge >= 0.3 is 0 Å². The number of fused-ring (bicyclic) bond motifs is 1. The van der Waals surface area contributed by atoms with Gasteiger partial charge in [-0.05, 0) is 18.4 Å². The van der Waals surface area contributed by atoms with Gasteiger partial charge in [0.25, 0.3) is 0 Å². The van der Waals surface area contributed by atoms with Gasteiger partial charge in [-0.25, -0.2) is 4.39 Å². The molecule has 19 heavy (non-hydrogen) atoms. The van der Waals surface area contributed by atoms with E-state index in [2.05, 4.69) is 10.2 Å².